The van der Waals surface area contributed by atoms with Crippen molar-refractivity contribution in [3.05, 3.63) is 43.4 Å². The van der Waals surface area contributed by atoms with E-state index in [0.717, 1.165) is 29.5 Å². The zero-order chi connectivity index (χ0) is 24.3. The van der Waals surface area contributed by atoms with E-state index < -0.39 is 11.7 Å². The minimum absolute atomic E-state index is 0.131. The van der Waals surface area contributed by atoms with E-state index in [-0.39, 0.29) is 22.9 Å². The summed E-state index contributed by atoms with van der Waals surface area (Å²) in [5, 5.41) is 3.01. The van der Waals surface area contributed by atoms with Gasteiger partial charge in [0.15, 0.2) is 11.5 Å². The van der Waals surface area contributed by atoms with E-state index in [2.05, 4.69) is 50.7 Å². The average Bonchev–Trinajstić information content (AvgIpc) is 3.35. The van der Waals surface area contributed by atoms with Crippen LogP contribution < -0.4 is 11.1 Å². The lowest BCUT2D eigenvalue weighted by atomic mass is 10.2. The van der Waals surface area contributed by atoms with Crippen LogP contribution in [0.3, 0.4) is 0 Å². The van der Waals surface area contributed by atoms with Crippen LogP contribution in [-0.2, 0) is 6.18 Å². The van der Waals surface area contributed by atoms with Crippen LogP contribution >= 0.6 is 0 Å². The monoisotopic (exact) mass is 461 g/mol. The molecule has 9 nitrogen and oxygen atoms in total. The van der Waals surface area contributed by atoms with Crippen LogP contribution in [0, 0.1) is 0 Å². The Labute approximate surface area is 188 Å². The van der Waals surface area contributed by atoms with E-state index in [1.165, 1.54) is 4.57 Å². The first-order chi connectivity index (χ1) is 15.6. The molecule has 0 aliphatic carbocycles. The maximum absolute atomic E-state index is 12.9. The number of anilines is 2. The standard InChI is InChI=1S/C11H15N5.C10H11F3N4/c1-4-5-12-10-9-11(14-6-13-10)16(7-15-9)8(2)3;1-5(2)17-3-6(10(11,12)13)7-8(14)15-4-16-9(7)17/h4,6-8H,1,5H2,2-3H3,(H,12,13,14);3-5H,1-2H3,(H2,14,15,16). The van der Waals surface area contributed by atoms with Crippen LogP contribution in [0.5, 0.6) is 0 Å². The van der Waals surface area contributed by atoms with Gasteiger partial charge in [-0.05, 0) is 27.7 Å². The van der Waals surface area contributed by atoms with Crippen molar-refractivity contribution in [2.24, 2.45) is 0 Å². The Morgan fingerprint density at radius 2 is 1.64 bits per heavy atom. The minimum Gasteiger partial charge on any atom is -0.383 e. The largest absolute Gasteiger partial charge is 0.418 e. The second kappa shape index (κ2) is 9.43. The molecule has 0 bridgehead atoms. The molecule has 12 heteroatoms. The first-order valence-electron chi connectivity index (χ1n) is 10.3. The summed E-state index contributed by atoms with van der Waals surface area (Å²) in [4.78, 5) is 20.2. The molecule has 0 aromatic carbocycles. The number of rotatable bonds is 5. The van der Waals surface area contributed by atoms with Crippen molar-refractivity contribution >= 4 is 33.8 Å². The number of hydrogen-bond donors (Lipinski definition) is 2. The van der Waals surface area contributed by atoms with Gasteiger partial charge < -0.3 is 20.2 Å². The Morgan fingerprint density at radius 1 is 1.00 bits per heavy atom. The van der Waals surface area contributed by atoms with Crippen LogP contribution in [0.25, 0.3) is 22.2 Å². The van der Waals surface area contributed by atoms with Crippen molar-refractivity contribution in [2.75, 3.05) is 17.6 Å². The smallest absolute Gasteiger partial charge is 0.383 e. The van der Waals surface area contributed by atoms with Crippen LogP contribution in [0.15, 0.2) is 37.8 Å². The molecule has 0 aliphatic heterocycles. The van der Waals surface area contributed by atoms with E-state index in [9.17, 15) is 13.2 Å². The van der Waals surface area contributed by atoms with E-state index in [1.807, 2.05) is 4.57 Å². The van der Waals surface area contributed by atoms with Crippen LogP contribution in [0.1, 0.15) is 45.3 Å². The van der Waals surface area contributed by atoms with Gasteiger partial charge in [-0.15, -0.1) is 6.58 Å². The molecule has 0 atom stereocenters. The zero-order valence-electron chi connectivity index (χ0n) is 18.8. The molecule has 176 valence electrons. The highest BCUT2D eigenvalue weighted by Crippen LogP contribution is 2.38. The Hall–Kier alpha value is -3.70. The molecule has 0 saturated heterocycles. The predicted molar refractivity (Wildman–Crippen MR) is 122 cm³/mol. The molecule has 4 aromatic rings. The van der Waals surface area contributed by atoms with Gasteiger partial charge in [0.25, 0.3) is 0 Å². The summed E-state index contributed by atoms with van der Waals surface area (Å²) in [6.45, 7) is 12.1. The van der Waals surface area contributed by atoms with Crippen LogP contribution in [0.4, 0.5) is 24.8 Å². The third-order valence-electron chi connectivity index (χ3n) is 4.83. The van der Waals surface area contributed by atoms with Gasteiger partial charge in [-0.2, -0.15) is 13.2 Å². The highest BCUT2D eigenvalue weighted by molar-refractivity contribution is 5.90. The van der Waals surface area contributed by atoms with Crippen LogP contribution in [0.2, 0.25) is 0 Å². The van der Waals surface area contributed by atoms with E-state index >= 15 is 0 Å². The summed E-state index contributed by atoms with van der Waals surface area (Å²) < 4.78 is 42.0. The van der Waals surface area contributed by atoms with Crippen molar-refractivity contribution < 1.29 is 13.2 Å². The quantitative estimate of drug-likeness (QED) is 0.417. The van der Waals surface area contributed by atoms with Crippen molar-refractivity contribution in [2.45, 2.75) is 46.0 Å². The molecule has 4 rings (SSSR count). The maximum atomic E-state index is 12.9. The second-order valence-corrected chi connectivity index (χ2v) is 7.81. The molecule has 4 heterocycles. The molecule has 0 aliphatic rings. The molecule has 0 spiro atoms. The number of nitrogens with two attached hydrogens (primary N) is 1. The molecule has 0 radical (unpaired) electrons. The van der Waals surface area contributed by atoms with Gasteiger partial charge in [0.05, 0.1) is 17.3 Å². The summed E-state index contributed by atoms with van der Waals surface area (Å²) in [6.07, 6.45) is 2.86. The molecule has 4 aromatic heterocycles. The zero-order valence-corrected chi connectivity index (χ0v) is 18.8. The highest BCUT2D eigenvalue weighted by Gasteiger charge is 2.36. The SMILES string of the molecule is C=CCNc1ncnc2c1ncn2C(C)C.CC(C)n1cc(C(F)(F)F)c2c(N)ncnc21. The fourth-order valence-corrected chi connectivity index (χ4v) is 3.24. The van der Waals surface area contributed by atoms with Gasteiger partial charge >= 0.3 is 6.18 Å². The minimum atomic E-state index is -4.46. The third-order valence-corrected chi connectivity index (χ3v) is 4.83. The van der Waals surface area contributed by atoms with Gasteiger partial charge in [0, 0.05) is 24.8 Å². The number of nitrogens with one attached hydrogen (secondary N) is 1. The Bertz CT molecular complexity index is 1260. The Morgan fingerprint density at radius 3 is 2.24 bits per heavy atom. The fourth-order valence-electron chi connectivity index (χ4n) is 3.24. The lowest BCUT2D eigenvalue weighted by Crippen LogP contribution is -2.05. The topological polar surface area (TPSA) is 112 Å². The number of fused-ring (bicyclic) bond motifs is 2. The summed E-state index contributed by atoms with van der Waals surface area (Å²) in [5.41, 5.74) is 6.58. The fraction of sp³-hybridized carbons (Fsp3) is 0.381. The lowest BCUT2D eigenvalue weighted by molar-refractivity contribution is -0.136. The summed E-state index contributed by atoms with van der Waals surface area (Å²) in [6, 6.07) is 0.204. The maximum Gasteiger partial charge on any atom is 0.418 e. The molecule has 3 N–H and O–H groups in total. The molecule has 0 saturated carbocycles. The van der Waals surface area contributed by atoms with Crippen molar-refractivity contribution in [3.63, 3.8) is 0 Å². The number of imidazole rings is 1. The summed E-state index contributed by atoms with van der Waals surface area (Å²) in [5.74, 6) is 0.603. The summed E-state index contributed by atoms with van der Waals surface area (Å²) in [7, 11) is 0. The third kappa shape index (κ3) is 4.89. The Balaban J connectivity index is 0.000000186. The first-order valence-corrected chi connectivity index (χ1v) is 10.3. The van der Waals surface area contributed by atoms with Gasteiger partial charge in [-0.3, -0.25) is 0 Å². The number of halogens is 3. The van der Waals surface area contributed by atoms with Gasteiger partial charge in [-0.1, -0.05) is 6.08 Å². The molecule has 0 unspecified atom stereocenters. The molecular formula is C21H26F3N9. The predicted octanol–water partition coefficient (Wildman–Crippen LogP) is 4.62. The van der Waals surface area contributed by atoms with Crippen LogP contribution in [-0.4, -0.2) is 40.6 Å². The molecule has 33 heavy (non-hydrogen) atoms. The second-order valence-electron chi connectivity index (χ2n) is 7.81. The number of nitrogen functional groups attached to an aromatic ring is 1. The highest BCUT2D eigenvalue weighted by atomic mass is 19.4. The number of nitrogens with zero attached hydrogens (tertiary/aromatic N) is 7. The van der Waals surface area contributed by atoms with Crippen molar-refractivity contribution in [1.29, 1.82) is 0 Å². The van der Waals surface area contributed by atoms with E-state index in [0.29, 0.717) is 12.6 Å². The first kappa shape index (κ1) is 24.0. The average molecular weight is 461 g/mol. The molecule has 0 amide bonds. The van der Waals surface area contributed by atoms with Gasteiger partial charge in [0.2, 0.25) is 0 Å². The van der Waals surface area contributed by atoms with E-state index in [4.69, 9.17) is 5.73 Å². The van der Waals surface area contributed by atoms with E-state index in [1.54, 1.807) is 32.6 Å². The normalized spacial score (nSPS) is 11.8. The molecular weight excluding hydrogens is 435 g/mol. The number of aromatic nitrogens is 7. The number of hydrogen-bond acceptors (Lipinski definition) is 7. The number of alkyl halides is 3. The van der Waals surface area contributed by atoms with Crippen molar-refractivity contribution in [3.8, 4) is 0 Å². The van der Waals surface area contributed by atoms with Crippen molar-refractivity contribution in [1.82, 2.24) is 34.1 Å². The van der Waals surface area contributed by atoms with Gasteiger partial charge in [0.1, 0.15) is 29.6 Å². The Kier molecular flexibility index (Phi) is 6.84. The molecule has 0 fully saturated rings. The lowest BCUT2D eigenvalue weighted by Gasteiger charge is -2.07. The van der Waals surface area contributed by atoms with Gasteiger partial charge in [-0.25, -0.2) is 24.9 Å². The summed E-state index contributed by atoms with van der Waals surface area (Å²) >= 11 is 0.